The first-order valence-corrected chi connectivity index (χ1v) is 7.47. The van der Waals surface area contributed by atoms with E-state index in [1.807, 2.05) is 43.3 Å². The Labute approximate surface area is 155 Å². The molecule has 0 bridgehead atoms. The Hall–Kier alpha value is -1.60. The molecule has 0 aliphatic rings. The second-order valence-corrected chi connectivity index (χ2v) is 5.10. The minimum atomic E-state index is 0. The smallest absolute Gasteiger partial charge is 0.193 e. The van der Waals surface area contributed by atoms with Gasteiger partial charge >= 0.3 is 0 Å². The third-order valence-corrected chi connectivity index (χ3v) is 3.32. The van der Waals surface area contributed by atoms with E-state index in [4.69, 9.17) is 10.5 Å². The van der Waals surface area contributed by atoms with Crippen LogP contribution in [0.3, 0.4) is 0 Å². The van der Waals surface area contributed by atoms with Gasteiger partial charge in [0.2, 0.25) is 0 Å². The third kappa shape index (κ3) is 6.58. The number of rotatable bonds is 6. The van der Waals surface area contributed by atoms with E-state index in [0.29, 0.717) is 25.7 Å². The van der Waals surface area contributed by atoms with E-state index in [2.05, 4.69) is 29.4 Å². The number of nitrogens with two attached hydrogens (primary N) is 1. The van der Waals surface area contributed by atoms with Gasteiger partial charge in [-0.3, -0.25) is 0 Å². The van der Waals surface area contributed by atoms with E-state index in [0.717, 1.165) is 16.8 Å². The standard InChI is InChI=1S/C18H23N3O.HI/c1-3-22-13-16-7-5-4-6-15(16)12-20-18(19)21-17-10-8-14(2)9-11-17;/h4-11H,3,12-13H2,1-2H3,(H3,19,20,21);1H. The molecular formula is C18H24IN3O. The number of hydrogen-bond acceptors (Lipinski definition) is 2. The highest BCUT2D eigenvalue weighted by atomic mass is 127. The minimum absolute atomic E-state index is 0. The van der Waals surface area contributed by atoms with Gasteiger partial charge in [0.15, 0.2) is 5.96 Å². The van der Waals surface area contributed by atoms with Crippen LogP contribution in [0.15, 0.2) is 53.5 Å². The molecule has 0 saturated heterocycles. The van der Waals surface area contributed by atoms with Crippen LogP contribution >= 0.6 is 24.0 Å². The summed E-state index contributed by atoms with van der Waals surface area (Å²) in [5, 5.41) is 3.10. The van der Waals surface area contributed by atoms with Gasteiger partial charge in [0, 0.05) is 12.3 Å². The number of nitrogens with one attached hydrogen (secondary N) is 1. The highest BCUT2D eigenvalue weighted by Gasteiger charge is 2.01. The van der Waals surface area contributed by atoms with E-state index in [-0.39, 0.29) is 24.0 Å². The van der Waals surface area contributed by atoms with Crippen LogP contribution in [-0.4, -0.2) is 12.6 Å². The van der Waals surface area contributed by atoms with Gasteiger partial charge in [-0.15, -0.1) is 24.0 Å². The molecule has 0 saturated carbocycles. The second-order valence-electron chi connectivity index (χ2n) is 5.10. The van der Waals surface area contributed by atoms with Gasteiger partial charge in [-0.25, -0.2) is 4.99 Å². The predicted octanol–water partition coefficient (Wildman–Crippen LogP) is 4.08. The van der Waals surface area contributed by atoms with Crippen molar-refractivity contribution in [1.29, 1.82) is 0 Å². The van der Waals surface area contributed by atoms with Crippen LogP contribution in [0.1, 0.15) is 23.6 Å². The average molecular weight is 425 g/mol. The highest BCUT2D eigenvalue weighted by molar-refractivity contribution is 14.0. The number of nitrogens with zero attached hydrogens (tertiary/aromatic N) is 1. The summed E-state index contributed by atoms with van der Waals surface area (Å²) in [6.07, 6.45) is 0. The van der Waals surface area contributed by atoms with Gasteiger partial charge in [-0.2, -0.15) is 0 Å². The van der Waals surface area contributed by atoms with Crippen molar-refractivity contribution in [2.75, 3.05) is 11.9 Å². The summed E-state index contributed by atoms with van der Waals surface area (Å²) in [6, 6.07) is 16.2. The number of guanidine groups is 1. The van der Waals surface area contributed by atoms with Crippen LogP contribution in [0.4, 0.5) is 5.69 Å². The number of hydrogen-bond donors (Lipinski definition) is 2. The van der Waals surface area contributed by atoms with Crippen LogP contribution in [0.25, 0.3) is 0 Å². The van der Waals surface area contributed by atoms with Gasteiger partial charge in [-0.1, -0.05) is 42.0 Å². The van der Waals surface area contributed by atoms with E-state index >= 15 is 0 Å². The number of aryl methyl sites for hydroxylation is 1. The van der Waals surface area contributed by atoms with Gasteiger partial charge in [0.25, 0.3) is 0 Å². The van der Waals surface area contributed by atoms with Crippen molar-refractivity contribution in [3.05, 3.63) is 65.2 Å². The quantitative estimate of drug-likeness (QED) is 0.417. The van der Waals surface area contributed by atoms with Crippen LogP contribution < -0.4 is 11.1 Å². The second kappa shape index (κ2) is 10.2. The molecule has 0 aromatic heterocycles. The topological polar surface area (TPSA) is 59.6 Å². The van der Waals surface area contributed by atoms with E-state index in [1.165, 1.54) is 5.56 Å². The molecule has 0 fully saturated rings. The Balaban J connectivity index is 0.00000264. The molecule has 2 aromatic rings. The molecule has 0 heterocycles. The Morgan fingerprint density at radius 3 is 2.39 bits per heavy atom. The lowest BCUT2D eigenvalue weighted by atomic mass is 10.1. The van der Waals surface area contributed by atoms with Crippen molar-refractivity contribution in [2.24, 2.45) is 10.7 Å². The van der Waals surface area contributed by atoms with Gasteiger partial charge in [-0.05, 0) is 37.1 Å². The summed E-state index contributed by atoms with van der Waals surface area (Å²) in [5.41, 5.74) is 10.4. The Kier molecular flexibility index (Phi) is 8.65. The highest BCUT2D eigenvalue weighted by Crippen LogP contribution is 2.12. The van der Waals surface area contributed by atoms with Crippen LogP contribution in [0, 0.1) is 6.92 Å². The van der Waals surface area contributed by atoms with Gasteiger partial charge in [0.05, 0.1) is 13.2 Å². The number of ether oxygens (including phenoxy) is 1. The van der Waals surface area contributed by atoms with Crippen LogP contribution in [0.5, 0.6) is 0 Å². The fraction of sp³-hybridized carbons (Fsp3) is 0.278. The molecule has 4 nitrogen and oxygen atoms in total. The largest absolute Gasteiger partial charge is 0.377 e. The number of anilines is 1. The molecule has 0 aliphatic carbocycles. The van der Waals surface area contributed by atoms with E-state index < -0.39 is 0 Å². The molecule has 3 N–H and O–H groups in total. The summed E-state index contributed by atoms with van der Waals surface area (Å²) in [7, 11) is 0. The van der Waals surface area contributed by atoms with Gasteiger partial charge in [0.1, 0.15) is 0 Å². The van der Waals surface area contributed by atoms with Crippen molar-refractivity contribution in [2.45, 2.75) is 27.0 Å². The lowest BCUT2D eigenvalue weighted by Gasteiger charge is -2.09. The summed E-state index contributed by atoms with van der Waals surface area (Å²) in [4.78, 5) is 4.41. The lowest BCUT2D eigenvalue weighted by Crippen LogP contribution is -2.22. The number of aliphatic imine (C=N–C) groups is 1. The molecule has 2 aromatic carbocycles. The molecule has 23 heavy (non-hydrogen) atoms. The van der Waals surface area contributed by atoms with Crippen molar-refractivity contribution in [1.82, 2.24) is 0 Å². The maximum atomic E-state index is 5.95. The van der Waals surface area contributed by atoms with Crippen molar-refractivity contribution >= 4 is 35.6 Å². The maximum absolute atomic E-state index is 5.95. The molecule has 0 atom stereocenters. The van der Waals surface area contributed by atoms with Crippen LogP contribution in [-0.2, 0) is 17.9 Å². The monoisotopic (exact) mass is 425 g/mol. The first-order valence-electron chi connectivity index (χ1n) is 7.47. The third-order valence-electron chi connectivity index (χ3n) is 3.32. The molecule has 0 radical (unpaired) electrons. The van der Waals surface area contributed by atoms with Crippen molar-refractivity contribution < 1.29 is 4.74 Å². The summed E-state index contributed by atoms with van der Waals surface area (Å²) >= 11 is 0. The maximum Gasteiger partial charge on any atom is 0.193 e. The summed E-state index contributed by atoms with van der Waals surface area (Å²) in [5.74, 6) is 0.412. The Morgan fingerprint density at radius 1 is 1.09 bits per heavy atom. The average Bonchev–Trinajstić information content (AvgIpc) is 2.54. The van der Waals surface area contributed by atoms with Gasteiger partial charge < -0.3 is 15.8 Å². The normalized spacial score (nSPS) is 11.0. The van der Waals surface area contributed by atoms with Crippen molar-refractivity contribution in [3.8, 4) is 0 Å². The van der Waals surface area contributed by atoms with Crippen LogP contribution in [0.2, 0.25) is 0 Å². The molecule has 0 spiro atoms. The van der Waals surface area contributed by atoms with E-state index in [9.17, 15) is 0 Å². The fourth-order valence-corrected chi connectivity index (χ4v) is 2.06. The zero-order chi connectivity index (χ0) is 15.8. The molecule has 0 aliphatic heterocycles. The molecule has 0 amide bonds. The minimum Gasteiger partial charge on any atom is -0.377 e. The summed E-state index contributed by atoms with van der Waals surface area (Å²) in [6.45, 7) is 5.89. The predicted molar refractivity (Wildman–Crippen MR) is 107 cm³/mol. The zero-order valence-electron chi connectivity index (χ0n) is 13.6. The fourth-order valence-electron chi connectivity index (χ4n) is 2.06. The first kappa shape index (κ1) is 19.4. The number of halogens is 1. The summed E-state index contributed by atoms with van der Waals surface area (Å²) < 4.78 is 5.48. The first-order chi connectivity index (χ1) is 10.7. The zero-order valence-corrected chi connectivity index (χ0v) is 15.9. The molecule has 5 heteroatoms. The Morgan fingerprint density at radius 2 is 1.74 bits per heavy atom. The molecule has 0 unspecified atom stereocenters. The van der Waals surface area contributed by atoms with Crippen molar-refractivity contribution in [3.63, 3.8) is 0 Å². The molecule has 2 rings (SSSR count). The van der Waals surface area contributed by atoms with E-state index in [1.54, 1.807) is 0 Å². The Bertz CT molecular complexity index is 626. The molecule has 124 valence electrons. The molecular weight excluding hydrogens is 401 g/mol. The SMILES string of the molecule is CCOCc1ccccc1CN=C(N)Nc1ccc(C)cc1.I. The lowest BCUT2D eigenvalue weighted by molar-refractivity contribution is 0.133. The number of benzene rings is 2.